The second kappa shape index (κ2) is 6.27. The second-order valence-electron chi connectivity index (χ2n) is 5.43. The molecule has 6 heteroatoms. The van der Waals surface area contributed by atoms with Gasteiger partial charge in [-0.2, -0.15) is 5.10 Å². The number of hydrogen-bond donors (Lipinski definition) is 1. The standard InChI is InChI=1S/C16H17FN2O3/c17-15-7-11(1-2-12(15)8-16(20)21)13-9-18-19(10-13)14-3-5-22-6-4-14/h1-2,7,9-10,14H,3-6,8H2,(H,20,21). The van der Waals surface area contributed by atoms with Gasteiger partial charge in [0.25, 0.3) is 0 Å². The summed E-state index contributed by atoms with van der Waals surface area (Å²) < 4.78 is 21.2. The summed E-state index contributed by atoms with van der Waals surface area (Å²) in [6.07, 6.45) is 5.15. The molecule has 1 aliphatic heterocycles. The summed E-state index contributed by atoms with van der Waals surface area (Å²) in [5.74, 6) is -1.54. The lowest BCUT2D eigenvalue weighted by Gasteiger charge is -2.22. The topological polar surface area (TPSA) is 64.3 Å². The van der Waals surface area contributed by atoms with E-state index in [1.165, 1.54) is 12.1 Å². The number of carboxylic acids is 1. The van der Waals surface area contributed by atoms with Crippen molar-refractivity contribution >= 4 is 5.97 Å². The minimum atomic E-state index is -1.04. The van der Waals surface area contributed by atoms with Gasteiger partial charge in [0.2, 0.25) is 0 Å². The quantitative estimate of drug-likeness (QED) is 0.943. The number of halogens is 1. The van der Waals surface area contributed by atoms with Crippen LogP contribution < -0.4 is 0 Å². The monoisotopic (exact) mass is 304 g/mol. The number of ether oxygens (including phenoxy) is 1. The number of rotatable bonds is 4. The lowest BCUT2D eigenvalue weighted by atomic mass is 10.0. The fourth-order valence-corrected chi connectivity index (χ4v) is 2.67. The van der Waals surface area contributed by atoms with E-state index >= 15 is 0 Å². The normalized spacial score (nSPS) is 15.9. The average Bonchev–Trinajstić information content (AvgIpc) is 3.00. The Morgan fingerprint density at radius 1 is 1.36 bits per heavy atom. The maximum Gasteiger partial charge on any atom is 0.307 e. The molecule has 0 bridgehead atoms. The number of carboxylic acid groups (broad SMARTS) is 1. The van der Waals surface area contributed by atoms with Gasteiger partial charge in [0.05, 0.1) is 18.7 Å². The zero-order chi connectivity index (χ0) is 15.5. The van der Waals surface area contributed by atoms with Crippen LogP contribution in [0.1, 0.15) is 24.4 Å². The first-order valence-electron chi connectivity index (χ1n) is 7.26. The molecule has 0 saturated carbocycles. The maximum atomic E-state index is 14.0. The van der Waals surface area contributed by atoms with Gasteiger partial charge in [-0.3, -0.25) is 9.48 Å². The Morgan fingerprint density at radius 3 is 2.82 bits per heavy atom. The van der Waals surface area contributed by atoms with E-state index in [0.29, 0.717) is 11.6 Å². The zero-order valence-corrected chi connectivity index (χ0v) is 12.0. The van der Waals surface area contributed by atoms with Crippen LogP contribution in [0.25, 0.3) is 11.1 Å². The van der Waals surface area contributed by atoms with Gasteiger partial charge in [0.1, 0.15) is 5.82 Å². The van der Waals surface area contributed by atoms with Crippen LogP contribution in [-0.4, -0.2) is 34.1 Å². The fraction of sp³-hybridized carbons (Fsp3) is 0.375. The number of nitrogens with zero attached hydrogens (tertiary/aromatic N) is 2. The van der Waals surface area contributed by atoms with Gasteiger partial charge in [0, 0.05) is 25.0 Å². The molecule has 0 radical (unpaired) electrons. The lowest BCUT2D eigenvalue weighted by molar-refractivity contribution is -0.136. The van der Waals surface area contributed by atoms with Crippen molar-refractivity contribution in [2.45, 2.75) is 25.3 Å². The van der Waals surface area contributed by atoms with Gasteiger partial charge < -0.3 is 9.84 Å². The van der Waals surface area contributed by atoms with Crippen LogP contribution in [0.15, 0.2) is 30.6 Å². The predicted octanol–water partition coefficient (Wildman–Crippen LogP) is 2.67. The summed E-state index contributed by atoms with van der Waals surface area (Å²) in [5, 5.41) is 13.1. The number of benzene rings is 1. The minimum Gasteiger partial charge on any atom is -0.481 e. The molecule has 2 heterocycles. The summed E-state index contributed by atoms with van der Waals surface area (Å²) in [6.45, 7) is 1.47. The first-order chi connectivity index (χ1) is 10.6. The highest BCUT2D eigenvalue weighted by atomic mass is 19.1. The molecule has 1 N–H and O–H groups in total. The molecule has 0 amide bonds. The summed E-state index contributed by atoms with van der Waals surface area (Å²) in [5.41, 5.74) is 1.71. The Hall–Kier alpha value is -2.21. The number of carbonyl (C=O) groups is 1. The second-order valence-corrected chi connectivity index (χ2v) is 5.43. The molecule has 1 aromatic heterocycles. The van der Waals surface area contributed by atoms with Gasteiger partial charge in [-0.25, -0.2) is 4.39 Å². The van der Waals surface area contributed by atoms with Gasteiger partial charge in [-0.05, 0) is 30.0 Å². The van der Waals surface area contributed by atoms with Crippen molar-refractivity contribution in [2.75, 3.05) is 13.2 Å². The largest absolute Gasteiger partial charge is 0.481 e. The molecular formula is C16H17FN2O3. The van der Waals surface area contributed by atoms with Crippen molar-refractivity contribution in [1.82, 2.24) is 9.78 Å². The Kier molecular flexibility index (Phi) is 4.20. The molecule has 0 unspecified atom stereocenters. The predicted molar refractivity (Wildman–Crippen MR) is 78.1 cm³/mol. The van der Waals surface area contributed by atoms with Crippen LogP contribution in [0.3, 0.4) is 0 Å². The molecule has 22 heavy (non-hydrogen) atoms. The molecule has 2 aromatic rings. The molecule has 1 fully saturated rings. The Bertz CT molecular complexity index is 678. The van der Waals surface area contributed by atoms with Crippen LogP contribution in [0.2, 0.25) is 0 Å². The van der Waals surface area contributed by atoms with Gasteiger partial charge >= 0.3 is 5.97 Å². The number of hydrogen-bond acceptors (Lipinski definition) is 3. The Labute approximate surface area is 127 Å². The van der Waals surface area contributed by atoms with E-state index in [2.05, 4.69) is 5.10 Å². The van der Waals surface area contributed by atoms with Crippen LogP contribution in [0, 0.1) is 5.82 Å². The smallest absolute Gasteiger partial charge is 0.307 e. The summed E-state index contributed by atoms with van der Waals surface area (Å²) in [4.78, 5) is 10.7. The van der Waals surface area contributed by atoms with Gasteiger partial charge in [0.15, 0.2) is 0 Å². The molecule has 1 aliphatic rings. The van der Waals surface area contributed by atoms with Crippen molar-refractivity contribution in [3.63, 3.8) is 0 Å². The van der Waals surface area contributed by atoms with Gasteiger partial charge in [-0.1, -0.05) is 12.1 Å². The highest BCUT2D eigenvalue weighted by molar-refractivity contribution is 5.71. The SMILES string of the molecule is O=C(O)Cc1ccc(-c2cnn(C3CCOCC3)c2)cc1F. The van der Waals surface area contributed by atoms with Crippen molar-refractivity contribution in [2.24, 2.45) is 0 Å². The molecular weight excluding hydrogens is 287 g/mol. The zero-order valence-electron chi connectivity index (χ0n) is 12.0. The maximum absolute atomic E-state index is 14.0. The van der Waals surface area contributed by atoms with Crippen LogP contribution in [0.5, 0.6) is 0 Å². The number of aromatic nitrogens is 2. The number of aliphatic carboxylic acids is 1. The molecule has 0 aliphatic carbocycles. The molecule has 1 saturated heterocycles. The third-order valence-electron chi connectivity index (χ3n) is 3.89. The third-order valence-corrected chi connectivity index (χ3v) is 3.89. The average molecular weight is 304 g/mol. The van der Waals surface area contributed by atoms with Crippen LogP contribution >= 0.6 is 0 Å². The Balaban J connectivity index is 1.80. The molecule has 116 valence electrons. The van der Waals surface area contributed by atoms with E-state index in [-0.39, 0.29) is 12.0 Å². The summed E-state index contributed by atoms with van der Waals surface area (Å²) in [7, 11) is 0. The van der Waals surface area contributed by atoms with Crippen molar-refractivity contribution in [3.8, 4) is 11.1 Å². The van der Waals surface area contributed by atoms with Crippen molar-refractivity contribution in [1.29, 1.82) is 0 Å². The lowest BCUT2D eigenvalue weighted by Crippen LogP contribution is -2.19. The summed E-state index contributed by atoms with van der Waals surface area (Å²) in [6, 6.07) is 4.93. The highest BCUT2D eigenvalue weighted by Gasteiger charge is 2.17. The van der Waals surface area contributed by atoms with Gasteiger partial charge in [-0.15, -0.1) is 0 Å². The minimum absolute atomic E-state index is 0.188. The molecule has 0 atom stereocenters. The van der Waals surface area contributed by atoms with Crippen LogP contribution in [0.4, 0.5) is 4.39 Å². The van der Waals surface area contributed by atoms with E-state index in [1.54, 1.807) is 12.3 Å². The Morgan fingerprint density at radius 2 is 2.14 bits per heavy atom. The van der Waals surface area contributed by atoms with Crippen molar-refractivity contribution < 1.29 is 19.0 Å². The first kappa shape index (κ1) is 14.7. The molecule has 3 rings (SSSR count). The third kappa shape index (κ3) is 3.17. The van der Waals surface area contributed by atoms with E-state index in [4.69, 9.17) is 9.84 Å². The molecule has 0 spiro atoms. The summed E-state index contributed by atoms with van der Waals surface area (Å²) >= 11 is 0. The van der Waals surface area contributed by atoms with Crippen LogP contribution in [-0.2, 0) is 16.0 Å². The first-order valence-corrected chi connectivity index (χ1v) is 7.26. The van der Waals surface area contributed by atoms with E-state index in [0.717, 1.165) is 31.6 Å². The van der Waals surface area contributed by atoms with E-state index < -0.39 is 11.8 Å². The van der Waals surface area contributed by atoms with Crippen molar-refractivity contribution in [3.05, 3.63) is 42.0 Å². The van der Waals surface area contributed by atoms with E-state index in [1.807, 2.05) is 10.9 Å². The molecule has 1 aromatic carbocycles. The molecule has 5 nitrogen and oxygen atoms in total. The van der Waals surface area contributed by atoms with E-state index in [9.17, 15) is 9.18 Å². The highest BCUT2D eigenvalue weighted by Crippen LogP contribution is 2.25. The fourth-order valence-electron chi connectivity index (χ4n) is 2.67.